The van der Waals surface area contributed by atoms with Gasteiger partial charge >= 0.3 is 0 Å². The van der Waals surface area contributed by atoms with E-state index < -0.39 is 22.2 Å². The molecule has 5 unspecified atom stereocenters. The molecule has 0 bridgehead atoms. The molecule has 0 aromatic carbocycles. The fraction of sp³-hybridized carbons (Fsp3) is 0.803. The topological polar surface area (TPSA) is 101 Å². The molecule has 9 nitrogen and oxygen atoms in total. The Morgan fingerprint density at radius 3 is 2.19 bits per heavy atom. The van der Waals surface area contributed by atoms with Crippen molar-refractivity contribution in [2.24, 2.45) is 51.2 Å². The average molecular weight is 963 g/mol. The van der Waals surface area contributed by atoms with Crippen LogP contribution in [0.4, 0.5) is 0 Å². The fourth-order valence-corrected chi connectivity index (χ4v) is 19.8. The van der Waals surface area contributed by atoms with Crippen molar-refractivity contribution in [3.05, 3.63) is 71.6 Å². The van der Waals surface area contributed by atoms with Crippen LogP contribution in [0.3, 0.4) is 0 Å². The molecular weight excluding hydrogens is 873 g/mol. The summed E-state index contributed by atoms with van der Waals surface area (Å²) in [7, 11) is 0. The molecule has 0 spiro atoms. The first kappa shape index (κ1) is 48.7. The van der Waals surface area contributed by atoms with Gasteiger partial charge < -0.3 is 43.1 Å². The highest BCUT2D eigenvalue weighted by molar-refractivity contribution is 5.35. The van der Waals surface area contributed by atoms with Crippen molar-refractivity contribution in [1.82, 2.24) is 9.80 Å². The van der Waals surface area contributed by atoms with Crippen LogP contribution in [0.2, 0.25) is 0 Å². The van der Waals surface area contributed by atoms with Gasteiger partial charge in [-0.3, -0.25) is 0 Å². The number of rotatable bonds is 15. The van der Waals surface area contributed by atoms with Crippen LogP contribution in [0, 0.1) is 51.2 Å². The van der Waals surface area contributed by atoms with Crippen molar-refractivity contribution >= 4 is 0 Å². The molecule has 2 saturated heterocycles. The Kier molecular flexibility index (Phi) is 12.9. The van der Waals surface area contributed by atoms with Crippen LogP contribution in [0.5, 0.6) is 0 Å². The Hall–Kier alpha value is -2.24. The summed E-state index contributed by atoms with van der Waals surface area (Å²) in [4.78, 5) is 5.20. The summed E-state index contributed by atoms with van der Waals surface area (Å²) in [5.74, 6) is 1.68. The van der Waals surface area contributed by atoms with Gasteiger partial charge in [0.1, 0.15) is 5.60 Å². The molecule has 70 heavy (non-hydrogen) atoms. The number of hydrogen-bond acceptors (Lipinski definition) is 9. The molecule has 2 aromatic rings. The van der Waals surface area contributed by atoms with Gasteiger partial charge in [0.25, 0.3) is 0 Å². The summed E-state index contributed by atoms with van der Waals surface area (Å²) < 4.78 is 34.2. The smallest absolute Gasteiger partial charge is 0.104 e. The minimum atomic E-state index is -0.845. The van der Waals surface area contributed by atoms with Crippen molar-refractivity contribution in [2.75, 3.05) is 59.1 Å². The SMILES string of the molecule is C[C@]12CCCC=C1CC[C@@H]1[C@H]2CC[C@]2(C)C(OCC(OCCN3CCCC3)C3CC(OCCCN4CCCC4)C=C4CC[C@@H]5[C@@H](CC[C@]6(C)C(c7ccoc7)CC[C@@]56O)[C@]43C)(c3ccoc3)CC[C@@]12O. The predicted molar refractivity (Wildman–Crippen MR) is 273 cm³/mol. The second-order valence-electron chi connectivity index (χ2n) is 26.1. The minimum Gasteiger partial charge on any atom is -0.472 e. The second kappa shape index (κ2) is 18.5. The van der Waals surface area contributed by atoms with E-state index in [1.807, 2.05) is 25.1 Å². The molecule has 2 N–H and O–H groups in total. The molecule has 9 heteroatoms. The van der Waals surface area contributed by atoms with Gasteiger partial charge in [-0.15, -0.1) is 0 Å². The summed E-state index contributed by atoms with van der Waals surface area (Å²) in [5.41, 5.74) is 2.50. The van der Waals surface area contributed by atoms with E-state index in [4.69, 9.17) is 23.0 Å². The molecule has 0 amide bonds. The van der Waals surface area contributed by atoms with Gasteiger partial charge in [-0.05, 0) is 225 Å². The molecule has 8 fully saturated rings. The first-order valence-electron chi connectivity index (χ1n) is 29.1. The highest BCUT2D eigenvalue weighted by atomic mass is 16.5. The van der Waals surface area contributed by atoms with Crippen molar-refractivity contribution in [3.63, 3.8) is 0 Å². The van der Waals surface area contributed by atoms with Crippen molar-refractivity contribution < 1.29 is 33.3 Å². The van der Waals surface area contributed by atoms with Crippen molar-refractivity contribution in [2.45, 2.75) is 197 Å². The van der Waals surface area contributed by atoms with Crippen LogP contribution in [-0.2, 0) is 19.8 Å². The number of furan rings is 2. The summed E-state index contributed by atoms with van der Waals surface area (Å²) >= 11 is 0. The standard InChI is InChI=1S/C61H90N2O7/c1-55-22-6-5-12-44(55)13-15-51-49(55)18-24-57(3)60(51,65)26-27-61(57,46-21-36-67-41-46)70-42-54(69-37-33-63-30-9-10-31-63)53-39-47(68-34-11-32-62-28-7-8-29-62)38-45-14-16-52-50(58(45,53)4)17-23-56(2)48(19-25-59(52,56)64)43-20-35-66-40-43/h12,20-21,35-36,38,40-41,47-54,64-65H,5-11,13-19,22-34,37,39,42H2,1-4H3/t47?,48?,49-,50-,51-,52-,53?,54?,55+,56-,57+,58+,59-,60-,61?/m1/s1. The maximum absolute atomic E-state index is 13.7. The van der Waals surface area contributed by atoms with Crippen LogP contribution < -0.4 is 0 Å². The number of ether oxygens (including phenoxy) is 3. The lowest BCUT2D eigenvalue weighted by Gasteiger charge is -2.64. The maximum atomic E-state index is 13.7. The van der Waals surface area contributed by atoms with Gasteiger partial charge in [0, 0.05) is 36.1 Å². The van der Waals surface area contributed by atoms with Gasteiger partial charge in [-0.2, -0.15) is 0 Å². The van der Waals surface area contributed by atoms with Crippen LogP contribution in [0.1, 0.15) is 180 Å². The van der Waals surface area contributed by atoms with E-state index in [0.717, 1.165) is 128 Å². The molecule has 15 atom stereocenters. The Labute approximate surface area is 420 Å². The summed E-state index contributed by atoms with van der Waals surface area (Å²) in [6, 6.07) is 4.30. The zero-order chi connectivity index (χ0) is 48.0. The van der Waals surface area contributed by atoms with Crippen LogP contribution in [0.15, 0.2) is 69.3 Å². The number of aliphatic hydroxyl groups is 2. The van der Waals surface area contributed by atoms with Crippen LogP contribution in [0.25, 0.3) is 0 Å². The Morgan fingerprint density at radius 1 is 0.700 bits per heavy atom. The van der Waals surface area contributed by atoms with Crippen molar-refractivity contribution in [1.29, 1.82) is 0 Å². The first-order chi connectivity index (χ1) is 33.9. The molecule has 6 saturated carbocycles. The third kappa shape index (κ3) is 7.42. The lowest BCUT2D eigenvalue weighted by Crippen LogP contribution is -2.64. The highest BCUT2D eigenvalue weighted by Gasteiger charge is 2.73. The molecule has 2 aromatic heterocycles. The summed E-state index contributed by atoms with van der Waals surface area (Å²) in [6.07, 6.45) is 35.0. The van der Waals surface area contributed by atoms with E-state index >= 15 is 0 Å². The molecule has 0 radical (unpaired) electrons. The molecule has 386 valence electrons. The fourth-order valence-electron chi connectivity index (χ4n) is 19.8. The predicted octanol–water partition coefficient (Wildman–Crippen LogP) is 12.0. The monoisotopic (exact) mass is 963 g/mol. The summed E-state index contributed by atoms with van der Waals surface area (Å²) in [6.45, 7) is 18.6. The average Bonchev–Trinajstić information content (AvgIpc) is 4.23. The third-order valence-electron chi connectivity index (χ3n) is 23.8. The molecule has 12 rings (SSSR count). The largest absolute Gasteiger partial charge is 0.472 e. The molecular formula is C61H90N2O7. The van der Waals surface area contributed by atoms with E-state index in [9.17, 15) is 10.2 Å². The number of nitrogens with zero attached hydrogens (tertiary/aromatic N) is 2. The lowest BCUT2D eigenvalue weighted by atomic mass is 9.42. The highest BCUT2D eigenvalue weighted by Crippen LogP contribution is 2.74. The second-order valence-corrected chi connectivity index (χ2v) is 26.1. The van der Waals surface area contributed by atoms with Crippen molar-refractivity contribution in [3.8, 4) is 0 Å². The van der Waals surface area contributed by atoms with E-state index in [2.05, 4.69) is 61.8 Å². The van der Waals surface area contributed by atoms with E-state index in [1.165, 1.54) is 69.2 Å². The van der Waals surface area contributed by atoms with Gasteiger partial charge in [-0.1, -0.05) is 51.0 Å². The van der Waals surface area contributed by atoms with Gasteiger partial charge in [0.05, 0.1) is 61.7 Å². The Bertz CT molecular complexity index is 2200. The number of allylic oxidation sites excluding steroid dienone is 3. The third-order valence-corrected chi connectivity index (χ3v) is 23.8. The zero-order valence-electron chi connectivity index (χ0n) is 43.8. The van der Waals surface area contributed by atoms with Gasteiger partial charge in [0.2, 0.25) is 0 Å². The quantitative estimate of drug-likeness (QED) is 0.133. The van der Waals surface area contributed by atoms with E-state index in [-0.39, 0.29) is 46.2 Å². The number of hydrogen-bond donors (Lipinski definition) is 2. The lowest BCUT2D eigenvalue weighted by molar-refractivity contribution is -0.247. The van der Waals surface area contributed by atoms with E-state index in [0.29, 0.717) is 31.0 Å². The Balaban J connectivity index is 0.888. The normalized spacial score (nSPS) is 45.3. The number of fused-ring (bicyclic) bond motifs is 10. The van der Waals surface area contributed by atoms with E-state index in [1.54, 1.807) is 5.57 Å². The van der Waals surface area contributed by atoms with Gasteiger partial charge in [0.15, 0.2) is 0 Å². The number of likely N-dealkylation sites (tertiary alicyclic amines) is 2. The van der Waals surface area contributed by atoms with Gasteiger partial charge in [-0.25, -0.2) is 0 Å². The minimum absolute atomic E-state index is 0.0142. The Morgan fingerprint density at radius 2 is 1.43 bits per heavy atom. The maximum Gasteiger partial charge on any atom is 0.104 e. The molecule has 8 aliphatic carbocycles. The molecule has 2 aliphatic heterocycles. The molecule has 4 heterocycles. The summed E-state index contributed by atoms with van der Waals surface area (Å²) in [5, 5.41) is 27.1. The van der Waals surface area contributed by atoms with Crippen LogP contribution >= 0.6 is 0 Å². The first-order valence-corrected chi connectivity index (χ1v) is 29.1. The molecule has 10 aliphatic rings. The zero-order valence-corrected chi connectivity index (χ0v) is 43.8. The van der Waals surface area contributed by atoms with Crippen LogP contribution in [-0.4, -0.2) is 103 Å².